The second kappa shape index (κ2) is 6.18. The van der Waals surface area contributed by atoms with Crippen LogP contribution in [0.4, 0.5) is 13.2 Å². The molecule has 0 radical (unpaired) electrons. The highest BCUT2D eigenvalue weighted by Gasteiger charge is 2.22. The van der Waals surface area contributed by atoms with Crippen LogP contribution in [0.25, 0.3) is 0 Å². The summed E-state index contributed by atoms with van der Waals surface area (Å²) >= 11 is 0. The van der Waals surface area contributed by atoms with E-state index in [1.54, 1.807) is 20.0 Å². The average molecular weight is 295 g/mol. The standard InChI is InChI=1S/C16H16F3NO/c1-9-6-10(4-5-12(9)17)16(20-2)15-13(18)7-11(21-3)8-14(15)19/h4-8,16,20H,1-3H3. The van der Waals surface area contributed by atoms with Gasteiger partial charge in [-0.1, -0.05) is 12.1 Å². The van der Waals surface area contributed by atoms with E-state index in [1.165, 1.54) is 19.2 Å². The Labute approximate surface area is 121 Å². The first-order chi connectivity index (χ1) is 9.97. The zero-order chi connectivity index (χ0) is 15.6. The Balaban J connectivity index is 2.53. The normalized spacial score (nSPS) is 12.3. The maximum Gasteiger partial charge on any atom is 0.134 e. The van der Waals surface area contributed by atoms with Crippen molar-refractivity contribution < 1.29 is 17.9 Å². The molecule has 0 aliphatic heterocycles. The fourth-order valence-electron chi connectivity index (χ4n) is 2.28. The summed E-state index contributed by atoms with van der Waals surface area (Å²) in [6, 6.07) is 5.90. The van der Waals surface area contributed by atoms with Gasteiger partial charge in [0, 0.05) is 17.7 Å². The molecule has 0 fully saturated rings. The van der Waals surface area contributed by atoms with Crippen LogP contribution >= 0.6 is 0 Å². The van der Waals surface area contributed by atoms with Gasteiger partial charge in [0.15, 0.2) is 0 Å². The fourth-order valence-corrected chi connectivity index (χ4v) is 2.28. The highest BCUT2D eigenvalue weighted by molar-refractivity contribution is 5.39. The summed E-state index contributed by atoms with van der Waals surface area (Å²) in [7, 11) is 2.93. The van der Waals surface area contributed by atoms with Crippen molar-refractivity contribution in [3.05, 3.63) is 64.5 Å². The summed E-state index contributed by atoms with van der Waals surface area (Å²) < 4.78 is 46.5. The van der Waals surface area contributed by atoms with Crippen molar-refractivity contribution in [2.45, 2.75) is 13.0 Å². The number of halogens is 3. The summed E-state index contributed by atoms with van der Waals surface area (Å²) in [5.41, 5.74) is 0.880. The van der Waals surface area contributed by atoms with Crippen LogP contribution in [0, 0.1) is 24.4 Å². The fraction of sp³-hybridized carbons (Fsp3) is 0.250. The molecule has 5 heteroatoms. The van der Waals surface area contributed by atoms with Gasteiger partial charge in [0.25, 0.3) is 0 Å². The van der Waals surface area contributed by atoms with E-state index in [-0.39, 0.29) is 17.1 Å². The average Bonchev–Trinajstić information content (AvgIpc) is 2.45. The minimum absolute atomic E-state index is 0.110. The summed E-state index contributed by atoms with van der Waals surface area (Å²) in [5, 5.41) is 2.86. The highest BCUT2D eigenvalue weighted by Crippen LogP contribution is 2.30. The molecule has 0 heterocycles. The monoisotopic (exact) mass is 295 g/mol. The topological polar surface area (TPSA) is 21.3 Å². The number of benzene rings is 2. The van der Waals surface area contributed by atoms with Crippen molar-refractivity contribution >= 4 is 0 Å². The van der Waals surface area contributed by atoms with E-state index in [9.17, 15) is 13.2 Å². The van der Waals surface area contributed by atoms with Crippen LogP contribution in [0.15, 0.2) is 30.3 Å². The molecule has 1 atom stereocenters. The van der Waals surface area contributed by atoms with E-state index in [1.807, 2.05) is 0 Å². The first kappa shape index (κ1) is 15.4. The zero-order valence-electron chi connectivity index (χ0n) is 12.0. The van der Waals surface area contributed by atoms with Crippen LogP contribution in [0.5, 0.6) is 5.75 Å². The Hall–Kier alpha value is -2.01. The number of aryl methyl sites for hydroxylation is 1. The Kier molecular flexibility index (Phi) is 4.53. The lowest BCUT2D eigenvalue weighted by Crippen LogP contribution is -2.20. The van der Waals surface area contributed by atoms with E-state index < -0.39 is 17.7 Å². The molecular formula is C16H16F3NO. The molecule has 0 bridgehead atoms. The minimum Gasteiger partial charge on any atom is -0.497 e. The van der Waals surface area contributed by atoms with Crippen LogP contribution in [0.3, 0.4) is 0 Å². The first-order valence-electron chi connectivity index (χ1n) is 6.44. The number of nitrogens with one attached hydrogen (secondary N) is 1. The molecule has 0 aromatic heterocycles. The maximum absolute atomic E-state index is 14.2. The molecule has 2 aromatic carbocycles. The van der Waals surface area contributed by atoms with E-state index in [0.29, 0.717) is 11.1 Å². The minimum atomic E-state index is -0.715. The smallest absolute Gasteiger partial charge is 0.134 e. The molecule has 0 spiro atoms. The summed E-state index contributed by atoms with van der Waals surface area (Å²) in [6.07, 6.45) is 0. The van der Waals surface area contributed by atoms with Gasteiger partial charge in [0.2, 0.25) is 0 Å². The second-order valence-corrected chi connectivity index (χ2v) is 4.74. The molecule has 2 nitrogen and oxygen atoms in total. The molecule has 1 N–H and O–H groups in total. The molecule has 0 aliphatic carbocycles. The third kappa shape index (κ3) is 3.03. The molecular weight excluding hydrogens is 279 g/mol. The number of hydrogen-bond donors (Lipinski definition) is 1. The van der Waals surface area contributed by atoms with Gasteiger partial charge in [-0.25, -0.2) is 13.2 Å². The Bertz CT molecular complexity index is 635. The number of methoxy groups -OCH3 is 1. The van der Waals surface area contributed by atoms with Crippen molar-refractivity contribution in [3.8, 4) is 5.75 Å². The third-order valence-electron chi connectivity index (χ3n) is 3.38. The quantitative estimate of drug-likeness (QED) is 0.928. The van der Waals surface area contributed by atoms with Crippen LogP contribution in [0.2, 0.25) is 0 Å². The Morgan fingerprint density at radius 2 is 1.62 bits per heavy atom. The van der Waals surface area contributed by atoms with Gasteiger partial charge in [-0.05, 0) is 31.2 Å². The summed E-state index contributed by atoms with van der Waals surface area (Å²) in [5.74, 6) is -1.68. The second-order valence-electron chi connectivity index (χ2n) is 4.74. The molecule has 0 aliphatic rings. The van der Waals surface area contributed by atoms with Gasteiger partial charge in [0.05, 0.1) is 13.2 Å². The molecule has 112 valence electrons. The number of hydrogen-bond acceptors (Lipinski definition) is 2. The van der Waals surface area contributed by atoms with Gasteiger partial charge in [-0.15, -0.1) is 0 Å². The van der Waals surface area contributed by atoms with E-state index >= 15 is 0 Å². The zero-order valence-corrected chi connectivity index (χ0v) is 12.0. The van der Waals surface area contributed by atoms with Crippen LogP contribution < -0.4 is 10.1 Å². The Morgan fingerprint density at radius 1 is 1.00 bits per heavy atom. The van der Waals surface area contributed by atoms with Crippen molar-refractivity contribution in [2.75, 3.05) is 14.2 Å². The maximum atomic E-state index is 14.2. The lowest BCUT2D eigenvalue weighted by Gasteiger charge is -2.20. The van der Waals surface area contributed by atoms with Gasteiger partial charge in [-0.2, -0.15) is 0 Å². The third-order valence-corrected chi connectivity index (χ3v) is 3.38. The van der Waals surface area contributed by atoms with Gasteiger partial charge >= 0.3 is 0 Å². The first-order valence-corrected chi connectivity index (χ1v) is 6.44. The largest absolute Gasteiger partial charge is 0.497 e. The van der Waals surface area contributed by atoms with E-state index in [0.717, 1.165) is 12.1 Å². The number of ether oxygens (including phenoxy) is 1. The molecule has 21 heavy (non-hydrogen) atoms. The number of rotatable bonds is 4. The van der Waals surface area contributed by atoms with Crippen LogP contribution in [-0.2, 0) is 0 Å². The Morgan fingerprint density at radius 3 is 2.10 bits per heavy atom. The summed E-state index contributed by atoms with van der Waals surface area (Å²) in [4.78, 5) is 0. The van der Waals surface area contributed by atoms with Crippen molar-refractivity contribution in [3.63, 3.8) is 0 Å². The van der Waals surface area contributed by atoms with Gasteiger partial charge < -0.3 is 10.1 Å². The van der Waals surface area contributed by atoms with Crippen molar-refractivity contribution in [2.24, 2.45) is 0 Å². The predicted molar refractivity (Wildman–Crippen MR) is 74.9 cm³/mol. The van der Waals surface area contributed by atoms with E-state index in [2.05, 4.69) is 5.32 Å². The molecule has 0 saturated carbocycles. The summed E-state index contributed by atoms with van der Waals surface area (Å²) in [6.45, 7) is 1.60. The van der Waals surface area contributed by atoms with E-state index in [4.69, 9.17) is 4.74 Å². The van der Waals surface area contributed by atoms with Crippen molar-refractivity contribution in [1.29, 1.82) is 0 Å². The lowest BCUT2D eigenvalue weighted by atomic mass is 9.96. The molecule has 2 aromatic rings. The molecule has 0 saturated heterocycles. The van der Waals surface area contributed by atoms with Crippen molar-refractivity contribution in [1.82, 2.24) is 5.32 Å². The highest BCUT2D eigenvalue weighted by atomic mass is 19.1. The van der Waals surface area contributed by atoms with Crippen LogP contribution in [-0.4, -0.2) is 14.2 Å². The predicted octanol–water partition coefficient (Wildman–Crippen LogP) is 3.73. The molecule has 1 unspecified atom stereocenters. The molecule has 2 rings (SSSR count). The van der Waals surface area contributed by atoms with Crippen LogP contribution in [0.1, 0.15) is 22.7 Å². The molecule has 0 amide bonds. The van der Waals surface area contributed by atoms with Gasteiger partial charge in [0.1, 0.15) is 23.2 Å². The lowest BCUT2D eigenvalue weighted by molar-refractivity contribution is 0.403. The SMILES string of the molecule is CNC(c1ccc(F)c(C)c1)c1c(F)cc(OC)cc1F. The van der Waals surface area contributed by atoms with Gasteiger partial charge in [-0.3, -0.25) is 0 Å².